The number of ether oxygens (including phenoxy) is 2. The number of halogens is 9. The Morgan fingerprint density at radius 1 is 0.400 bits per heavy atom. The van der Waals surface area contributed by atoms with Gasteiger partial charge in [-0.3, -0.25) is 0 Å². The molecule has 0 unspecified atom stereocenters. The Morgan fingerprint density at radius 3 is 1.17 bits per heavy atom. The molecule has 4 fully saturated rings. The minimum Gasteiger partial charge on any atom is -0.429 e. The van der Waals surface area contributed by atoms with E-state index in [1.165, 1.54) is 89.5 Å². The molecule has 0 atom stereocenters. The second kappa shape index (κ2) is 20.8. The van der Waals surface area contributed by atoms with E-state index in [0.717, 1.165) is 123 Å². The molecule has 0 aromatic heterocycles. The maximum atomic E-state index is 14.7. The smallest absolute Gasteiger partial charge is 0.429 e. The van der Waals surface area contributed by atoms with E-state index in [0.29, 0.717) is 17.0 Å². The molecule has 0 radical (unpaired) electrons. The molecular formula is C54H63F9O2. The first-order valence-electron chi connectivity index (χ1n) is 23.8. The van der Waals surface area contributed by atoms with Crippen molar-refractivity contribution in [2.45, 2.75) is 154 Å². The van der Waals surface area contributed by atoms with Crippen molar-refractivity contribution in [2.75, 3.05) is 0 Å². The SMILES string of the molecule is Cc1ccc(OC(F)(F)c2c(F)cc(C3CCC(C4CCC(C)CC4)CC3)cc2F)cc1F.Cc1ccc(OC(F)(F)c2ccc(C3CCC(C4CCC(C)CC4)CC3)cc2F)cc1F. The van der Waals surface area contributed by atoms with Gasteiger partial charge < -0.3 is 9.47 Å². The molecule has 4 aromatic rings. The van der Waals surface area contributed by atoms with Crippen molar-refractivity contribution in [1.82, 2.24) is 0 Å². The highest BCUT2D eigenvalue weighted by atomic mass is 19.3. The van der Waals surface area contributed by atoms with Crippen molar-refractivity contribution in [3.8, 4) is 11.5 Å². The average molecular weight is 915 g/mol. The number of alkyl halides is 4. The van der Waals surface area contributed by atoms with Crippen LogP contribution in [0.5, 0.6) is 11.5 Å². The molecule has 4 aromatic carbocycles. The molecule has 8 rings (SSSR count). The summed E-state index contributed by atoms with van der Waals surface area (Å²) in [5.41, 5.74) is -0.505. The predicted molar refractivity (Wildman–Crippen MR) is 236 cm³/mol. The lowest BCUT2D eigenvalue weighted by Gasteiger charge is -2.37. The standard InChI is InChI=1S/C27H31F5O.C27H32F4O/c1-16-3-6-18(7-4-16)19-8-10-20(11-9-19)21-13-24(29)26(25(30)14-21)27(31,32)33-22-12-5-17(2)23(28)15-22;1-17-3-6-19(7-4-17)20-8-10-21(11-9-20)22-12-14-24(26(29)15-22)27(30,31)32-23-13-5-18(2)25(28)16-23/h5,12-16,18-20H,3-4,6-11H2,1-2H3;5,12-17,19-21H,3-4,6-11H2,1-2H3. The van der Waals surface area contributed by atoms with Gasteiger partial charge in [-0.2, -0.15) is 17.6 Å². The number of benzene rings is 4. The van der Waals surface area contributed by atoms with E-state index in [1.54, 1.807) is 6.07 Å². The molecule has 4 aliphatic carbocycles. The van der Waals surface area contributed by atoms with Crippen LogP contribution in [0, 0.1) is 78.4 Å². The third-order valence-corrected chi connectivity index (χ3v) is 15.4. The van der Waals surface area contributed by atoms with Gasteiger partial charge in [-0.05, 0) is 197 Å². The van der Waals surface area contributed by atoms with Crippen LogP contribution in [0.3, 0.4) is 0 Å². The fourth-order valence-electron chi connectivity index (χ4n) is 11.2. The second-order valence-corrected chi connectivity index (χ2v) is 19.9. The Labute approximate surface area is 378 Å². The molecule has 0 bridgehead atoms. The number of rotatable bonds is 10. The van der Waals surface area contributed by atoms with Crippen LogP contribution in [0.15, 0.2) is 66.7 Å². The van der Waals surface area contributed by atoms with Crippen LogP contribution < -0.4 is 9.47 Å². The first-order valence-corrected chi connectivity index (χ1v) is 23.8. The topological polar surface area (TPSA) is 18.5 Å². The van der Waals surface area contributed by atoms with Crippen LogP contribution in [-0.2, 0) is 12.2 Å². The van der Waals surface area contributed by atoms with Crippen LogP contribution in [0.25, 0.3) is 0 Å². The van der Waals surface area contributed by atoms with Crippen LogP contribution in [0.2, 0.25) is 0 Å². The number of hydrogen-bond acceptors (Lipinski definition) is 2. The first kappa shape index (κ1) is 48.8. The van der Waals surface area contributed by atoms with Crippen molar-refractivity contribution in [1.29, 1.82) is 0 Å². The third kappa shape index (κ3) is 12.1. The zero-order valence-corrected chi connectivity index (χ0v) is 38.0. The van der Waals surface area contributed by atoms with E-state index in [1.807, 2.05) is 0 Å². The molecule has 11 heteroatoms. The zero-order chi connectivity index (χ0) is 46.6. The Kier molecular flexibility index (Phi) is 15.6. The van der Waals surface area contributed by atoms with E-state index in [-0.39, 0.29) is 23.1 Å². The normalized spacial score (nSPS) is 26.5. The van der Waals surface area contributed by atoms with Crippen LogP contribution in [0.4, 0.5) is 39.5 Å². The molecule has 0 spiro atoms. The van der Waals surface area contributed by atoms with E-state index < -0.39 is 58.2 Å². The van der Waals surface area contributed by atoms with E-state index in [2.05, 4.69) is 23.3 Å². The summed E-state index contributed by atoms with van der Waals surface area (Å²) in [7, 11) is 0. The predicted octanol–water partition coefficient (Wildman–Crippen LogP) is 17.1. The molecule has 65 heavy (non-hydrogen) atoms. The van der Waals surface area contributed by atoms with Gasteiger partial charge in [0.15, 0.2) is 0 Å². The highest BCUT2D eigenvalue weighted by Crippen LogP contribution is 2.47. The molecule has 0 heterocycles. The highest BCUT2D eigenvalue weighted by Gasteiger charge is 2.42. The maximum absolute atomic E-state index is 14.7. The summed E-state index contributed by atoms with van der Waals surface area (Å²) in [5, 5.41) is 0. The Balaban J connectivity index is 0.000000194. The minimum atomic E-state index is -4.27. The Bertz CT molecular complexity index is 2190. The molecule has 4 saturated carbocycles. The molecule has 4 aliphatic rings. The summed E-state index contributed by atoms with van der Waals surface area (Å²) in [5.74, 6) is -1.13. The lowest BCUT2D eigenvalue weighted by molar-refractivity contribution is -0.189. The number of aryl methyl sites for hydroxylation is 2. The quantitative estimate of drug-likeness (QED) is 0.148. The van der Waals surface area contributed by atoms with Crippen LogP contribution in [-0.4, -0.2) is 0 Å². The Hall–Kier alpha value is -4.15. The third-order valence-electron chi connectivity index (χ3n) is 15.4. The van der Waals surface area contributed by atoms with E-state index in [4.69, 9.17) is 0 Å². The fourth-order valence-corrected chi connectivity index (χ4v) is 11.2. The summed E-state index contributed by atoms with van der Waals surface area (Å²) >= 11 is 0. The number of hydrogen-bond donors (Lipinski definition) is 0. The fraction of sp³-hybridized carbons (Fsp3) is 0.556. The molecule has 0 amide bonds. The highest BCUT2D eigenvalue weighted by molar-refractivity contribution is 5.35. The van der Waals surface area contributed by atoms with Gasteiger partial charge in [0.05, 0.1) is 5.56 Å². The molecule has 2 nitrogen and oxygen atoms in total. The summed E-state index contributed by atoms with van der Waals surface area (Å²) in [6.07, 6.45) is 10.0. The molecule has 0 aliphatic heterocycles. The average Bonchev–Trinajstić information content (AvgIpc) is 3.26. The molecule has 0 N–H and O–H groups in total. The second-order valence-electron chi connectivity index (χ2n) is 19.9. The monoisotopic (exact) mass is 914 g/mol. The lowest BCUT2D eigenvalue weighted by atomic mass is 9.68. The van der Waals surface area contributed by atoms with Gasteiger partial charge in [-0.1, -0.05) is 57.7 Å². The van der Waals surface area contributed by atoms with Crippen molar-refractivity contribution in [3.05, 3.63) is 129 Å². The summed E-state index contributed by atoms with van der Waals surface area (Å²) in [6, 6.07) is 12.6. The van der Waals surface area contributed by atoms with Crippen molar-refractivity contribution in [2.24, 2.45) is 35.5 Å². The van der Waals surface area contributed by atoms with E-state index >= 15 is 0 Å². The van der Waals surface area contributed by atoms with Gasteiger partial charge in [0.1, 0.15) is 46.1 Å². The van der Waals surface area contributed by atoms with Gasteiger partial charge >= 0.3 is 12.2 Å². The summed E-state index contributed by atoms with van der Waals surface area (Å²) in [6.45, 7) is 7.63. The van der Waals surface area contributed by atoms with Crippen molar-refractivity contribution in [3.63, 3.8) is 0 Å². The van der Waals surface area contributed by atoms with Gasteiger partial charge in [0, 0.05) is 12.1 Å². The first-order chi connectivity index (χ1) is 30.9. The van der Waals surface area contributed by atoms with Gasteiger partial charge in [0.2, 0.25) is 0 Å². The molecule has 354 valence electrons. The summed E-state index contributed by atoms with van der Waals surface area (Å²) in [4.78, 5) is 0. The van der Waals surface area contributed by atoms with Crippen molar-refractivity contribution < 1.29 is 49.0 Å². The zero-order valence-electron chi connectivity index (χ0n) is 38.0. The Morgan fingerprint density at radius 2 is 0.769 bits per heavy atom. The van der Waals surface area contributed by atoms with Gasteiger partial charge in [0.25, 0.3) is 0 Å². The lowest BCUT2D eigenvalue weighted by Crippen LogP contribution is -2.26. The largest absolute Gasteiger partial charge is 0.432 e. The van der Waals surface area contributed by atoms with Crippen LogP contribution in [0.1, 0.15) is 162 Å². The van der Waals surface area contributed by atoms with Crippen molar-refractivity contribution >= 4 is 0 Å². The summed E-state index contributed by atoms with van der Waals surface area (Å²) < 4.78 is 139. The van der Waals surface area contributed by atoms with E-state index in [9.17, 15) is 39.5 Å². The minimum absolute atomic E-state index is 0.0393. The molecule has 0 saturated heterocycles. The maximum Gasteiger partial charge on any atom is 0.432 e. The van der Waals surface area contributed by atoms with Gasteiger partial charge in [-0.25, -0.2) is 22.0 Å². The molecular weight excluding hydrogens is 852 g/mol. The van der Waals surface area contributed by atoms with Gasteiger partial charge in [-0.15, -0.1) is 0 Å². The van der Waals surface area contributed by atoms with Crippen LogP contribution >= 0.6 is 0 Å².